The molecule has 39 heavy (non-hydrogen) atoms. The second-order valence-corrected chi connectivity index (χ2v) is 12.5. The number of anilines is 3. The average Bonchev–Trinajstić information content (AvgIpc) is 3.65. The summed E-state index contributed by atoms with van der Waals surface area (Å²) in [5, 5.41) is 5.67. The third-order valence-electron chi connectivity index (χ3n) is 7.61. The fourth-order valence-electron chi connectivity index (χ4n) is 5.27. The predicted octanol–water partition coefficient (Wildman–Crippen LogP) is 3.97. The number of likely N-dealkylation sites (N-methyl/N-ethyl adjacent to an activating group) is 1. The number of hydrogen-bond donors (Lipinski definition) is 3. The van der Waals surface area contributed by atoms with Gasteiger partial charge in [0.1, 0.15) is 5.25 Å². The maximum Gasteiger partial charge on any atom is 0.239 e. The minimum Gasteiger partial charge on any atom is -0.355 e. The number of amides is 1. The second-order valence-electron chi connectivity index (χ2n) is 10.6. The lowest BCUT2D eigenvalue weighted by Crippen LogP contribution is -2.43. The van der Waals surface area contributed by atoms with Crippen LogP contribution in [0.3, 0.4) is 0 Å². The van der Waals surface area contributed by atoms with Gasteiger partial charge in [-0.15, -0.1) is 0 Å². The van der Waals surface area contributed by atoms with Gasteiger partial charge in [0.15, 0.2) is 0 Å². The summed E-state index contributed by atoms with van der Waals surface area (Å²) in [6.45, 7) is 5.27. The summed E-state index contributed by atoms with van der Waals surface area (Å²) in [5.74, 6) is -0.0802. The number of sulfonamides is 1. The molecule has 0 aromatic heterocycles. The number of carbonyl (C=O) groups excluding carboxylic acids is 1. The molecule has 3 aromatic rings. The molecule has 2 fully saturated rings. The first-order valence-corrected chi connectivity index (χ1v) is 14.9. The second kappa shape index (κ2) is 10.5. The van der Waals surface area contributed by atoms with Crippen LogP contribution in [-0.2, 0) is 27.8 Å². The van der Waals surface area contributed by atoms with E-state index < -0.39 is 15.3 Å². The van der Waals surface area contributed by atoms with Crippen molar-refractivity contribution in [2.75, 3.05) is 48.6 Å². The Hall–Kier alpha value is -3.66. The van der Waals surface area contributed by atoms with E-state index in [1.807, 2.05) is 30.3 Å². The van der Waals surface area contributed by atoms with E-state index in [9.17, 15) is 13.2 Å². The molecule has 3 aliphatic rings. The van der Waals surface area contributed by atoms with Crippen molar-refractivity contribution in [3.63, 3.8) is 0 Å². The average molecular weight is 544 g/mol. The van der Waals surface area contributed by atoms with Gasteiger partial charge in [-0.3, -0.25) is 14.4 Å². The van der Waals surface area contributed by atoms with E-state index in [1.54, 1.807) is 18.2 Å². The number of benzene rings is 3. The molecule has 1 amide bonds. The molecule has 1 atom stereocenters. The molecule has 8 nitrogen and oxygen atoms in total. The van der Waals surface area contributed by atoms with E-state index >= 15 is 0 Å². The highest BCUT2D eigenvalue weighted by Crippen LogP contribution is 2.43. The van der Waals surface area contributed by atoms with Gasteiger partial charge in [0, 0.05) is 55.5 Å². The largest absolute Gasteiger partial charge is 0.355 e. The normalized spacial score (nSPS) is 20.7. The van der Waals surface area contributed by atoms with Crippen LogP contribution in [0.5, 0.6) is 0 Å². The summed E-state index contributed by atoms with van der Waals surface area (Å²) in [6.07, 6.45) is 0.717. The number of nitrogens with one attached hydrogen (secondary N) is 3. The van der Waals surface area contributed by atoms with Gasteiger partial charge in [-0.1, -0.05) is 42.5 Å². The molecular formula is C30H33N5O3S. The SMILES string of the molecule is CN1CCN(Cc2ccc(N/C(=C3/CC3S(=O)(=O)Nc3ccc4c(c3)CC(=O)N4)c3ccccc3)cc2)CC1. The lowest BCUT2D eigenvalue weighted by Gasteiger charge is -2.32. The first-order valence-electron chi connectivity index (χ1n) is 13.3. The fourth-order valence-corrected chi connectivity index (χ4v) is 6.76. The first-order chi connectivity index (χ1) is 18.8. The number of fused-ring (bicyclic) bond motifs is 1. The fraction of sp³-hybridized carbons (Fsp3) is 0.300. The zero-order chi connectivity index (χ0) is 27.0. The molecule has 0 bridgehead atoms. The van der Waals surface area contributed by atoms with E-state index in [0.29, 0.717) is 12.1 Å². The molecule has 6 rings (SSSR count). The Balaban J connectivity index is 1.19. The molecule has 9 heteroatoms. The molecule has 1 saturated heterocycles. The van der Waals surface area contributed by atoms with Crippen LogP contribution in [-0.4, -0.2) is 62.6 Å². The lowest BCUT2D eigenvalue weighted by atomic mass is 10.1. The Labute approximate surface area is 229 Å². The standard InChI is InChI=1S/C30H33N5O3S/c1-34-13-15-35(16-14-34)20-21-7-9-24(10-8-21)31-30(22-5-3-2-4-6-22)26-19-28(26)39(37,38)33-25-11-12-27-23(17-25)18-29(36)32-27/h2-12,17,28,31,33H,13-16,18-20H2,1H3,(H,32,36)/b30-26-. The zero-order valence-corrected chi connectivity index (χ0v) is 22.8. The van der Waals surface area contributed by atoms with Crippen molar-refractivity contribution in [2.45, 2.75) is 24.6 Å². The van der Waals surface area contributed by atoms with Crippen LogP contribution in [0.2, 0.25) is 0 Å². The van der Waals surface area contributed by atoms with E-state index in [2.05, 4.69) is 56.5 Å². The summed E-state index contributed by atoms with van der Waals surface area (Å²) in [5.41, 5.74) is 6.84. The molecule has 0 radical (unpaired) electrons. The summed E-state index contributed by atoms with van der Waals surface area (Å²) >= 11 is 0. The number of rotatable bonds is 8. The van der Waals surface area contributed by atoms with Gasteiger partial charge in [-0.05, 0) is 66.1 Å². The van der Waals surface area contributed by atoms with Crippen molar-refractivity contribution in [1.82, 2.24) is 9.80 Å². The van der Waals surface area contributed by atoms with Crippen molar-refractivity contribution < 1.29 is 13.2 Å². The Kier molecular flexibility index (Phi) is 6.88. The van der Waals surface area contributed by atoms with Crippen LogP contribution in [0.25, 0.3) is 5.70 Å². The summed E-state index contributed by atoms with van der Waals surface area (Å²) in [6, 6.07) is 23.5. The lowest BCUT2D eigenvalue weighted by molar-refractivity contribution is -0.115. The summed E-state index contributed by atoms with van der Waals surface area (Å²) < 4.78 is 29.4. The van der Waals surface area contributed by atoms with Gasteiger partial charge < -0.3 is 15.5 Å². The molecular weight excluding hydrogens is 510 g/mol. The highest BCUT2D eigenvalue weighted by Gasteiger charge is 2.44. The number of piperazine rings is 1. The van der Waals surface area contributed by atoms with E-state index in [-0.39, 0.29) is 12.3 Å². The number of nitrogens with zero attached hydrogens (tertiary/aromatic N) is 2. The van der Waals surface area contributed by atoms with Gasteiger partial charge in [0.25, 0.3) is 0 Å². The van der Waals surface area contributed by atoms with Crippen LogP contribution >= 0.6 is 0 Å². The predicted molar refractivity (Wildman–Crippen MR) is 156 cm³/mol. The molecule has 3 aromatic carbocycles. The third-order valence-corrected chi connectivity index (χ3v) is 9.33. The van der Waals surface area contributed by atoms with Crippen molar-refractivity contribution in [1.29, 1.82) is 0 Å². The van der Waals surface area contributed by atoms with Crippen LogP contribution in [0, 0.1) is 0 Å². The maximum absolute atomic E-state index is 13.3. The summed E-state index contributed by atoms with van der Waals surface area (Å²) in [4.78, 5) is 16.5. The van der Waals surface area contributed by atoms with Gasteiger partial charge >= 0.3 is 0 Å². The van der Waals surface area contributed by atoms with Crippen molar-refractivity contribution >= 4 is 38.7 Å². The molecule has 1 unspecified atom stereocenters. The van der Waals surface area contributed by atoms with E-state index in [1.165, 1.54) is 5.56 Å². The highest BCUT2D eigenvalue weighted by atomic mass is 32.2. The number of carbonyl (C=O) groups is 1. The highest BCUT2D eigenvalue weighted by molar-refractivity contribution is 7.93. The summed E-state index contributed by atoms with van der Waals surface area (Å²) in [7, 11) is -1.49. The van der Waals surface area contributed by atoms with Gasteiger partial charge in [0.05, 0.1) is 6.42 Å². The molecule has 1 saturated carbocycles. The van der Waals surface area contributed by atoms with Crippen molar-refractivity contribution in [2.24, 2.45) is 0 Å². The molecule has 2 aliphatic heterocycles. The van der Waals surface area contributed by atoms with Gasteiger partial charge in [-0.25, -0.2) is 8.42 Å². The topological polar surface area (TPSA) is 93.8 Å². The molecule has 1 aliphatic carbocycles. The Morgan fingerprint density at radius 1 is 0.949 bits per heavy atom. The van der Waals surface area contributed by atoms with Crippen LogP contribution < -0.4 is 15.4 Å². The maximum atomic E-state index is 13.3. The molecule has 0 spiro atoms. The first kappa shape index (κ1) is 25.6. The molecule has 3 N–H and O–H groups in total. The van der Waals surface area contributed by atoms with E-state index in [4.69, 9.17) is 0 Å². The third kappa shape index (κ3) is 5.85. The minimum atomic E-state index is -3.65. The van der Waals surface area contributed by atoms with E-state index in [0.717, 1.165) is 66.5 Å². The van der Waals surface area contributed by atoms with Crippen LogP contribution in [0.4, 0.5) is 17.1 Å². The number of hydrogen-bond acceptors (Lipinski definition) is 6. The van der Waals surface area contributed by atoms with Crippen LogP contribution in [0.15, 0.2) is 78.4 Å². The van der Waals surface area contributed by atoms with Crippen molar-refractivity contribution in [3.05, 3.63) is 95.1 Å². The zero-order valence-electron chi connectivity index (χ0n) is 22.0. The molecule has 2 heterocycles. The quantitative estimate of drug-likeness (QED) is 0.398. The monoisotopic (exact) mass is 543 g/mol. The Bertz CT molecular complexity index is 1510. The van der Waals surface area contributed by atoms with Crippen LogP contribution in [0.1, 0.15) is 23.1 Å². The van der Waals surface area contributed by atoms with Crippen molar-refractivity contribution in [3.8, 4) is 0 Å². The molecule has 202 valence electrons. The smallest absolute Gasteiger partial charge is 0.239 e. The Morgan fingerprint density at radius 3 is 2.41 bits per heavy atom. The van der Waals surface area contributed by atoms with Gasteiger partial charge in [-0.2, -0.15) is 0 Å². The minimum absolute atomic E-state index is 0.0802. The Morgan fingerprint density at radius 2 is 1.67 bits per heavy atom. The van der Waals surface area contributed by atoms with Gasteiger partial charge in [0.2, 0.25) is 15.9 Å².